The van der Waals surface area contributed by atoms with E-state index >= 15 is 0 Å². The summed E-state index contributed by atoms with van der Waals surface area (Å²) in [5.74, 6) is -0.324. The van der Waals surface area contributed by atoms with E-state index in [0.717, 1.165) is 0 Å². The molecule has 66 valence electrons. The van der Waals surface area contributed by atoms with Crippen molar-refractivity contribution >= 4 is 5.70 Å². The van der Waals surface area contributed by atoms with Crippen LogP contribution in [0.2, 0.25) is 0 Å². The van der Waals surface area contributed by atoms with Crippen molar-refractivity contribution in [3.8, 4) is 0 Å². The molecule has 0 fully saturated rings. The summed E-state index contributed by atoms with van der Waals surface area (Å²) in [6.45, 7) is 7.42. The van der Waals surface area contributed by atoms with Gasteiger partial charge in [-0.3, -0.25) is 0 Å². The predicted octanol–water partition coefficient (Wildman–Crippen LogP) is 2.78. The minimum atomic E-state index is -0.324. The molecule has 0 saturated heterocycles. The van der Waals surface area contributed by atoms with Crippen molar-refractivity contribution in [1.29, 1.82) is 0 Å². The first-order valence-electron chi connectivity index (χ1n) is 3.91. The Morgan fingerprint density at radius 1 is 1.33 bits per heavy atom. The molecule has 2 N–H and O–H groups in total. The van der Waals surface area contributed by atoms with Crippen molar-refractivity contribution in [1.82, 2.24) is 0 Å². The molecule has 1 rings (SSSR count). The van der Waals surface area contributed by atoms with Gasteiger partial charge in [-0.2, -0.15) is 0 Å². The van der Waals surface area contributed by atoms with Crippen LogP contribution < -0.4 is 5.73 Å². The third-order valence-corrected chi connectivity index (χ3v) is 1.22. The Labute approximate surface area is 72.7 Å². The number of rotatable bonds is 1. The topological polar surface area (TPSA) is 26.0 Å². The normalized spacial score (nSPS) is 8.25. The second-order valence-electron chi connectivity index (χ2n) is 2.01. The molecule has 0 saturated carbocycles. The van der Waals surface area contributed by atoms with E-state index in [2.05, 4.69) is 6.58 Å². The van der Waals surface area contributed by atoms with E-state index in [1.54, 1.807) is 18.2 Å². The maximum atomic E-state index is 12.7. The second-order valence-corrected chi connectivity index (χ2v) is 2.01. The molecule has 0 amide bonds. The highest BCUT2D eigenvalue weighted by atomic mass is 19.1. The number of nitrogens with two attached hydrogens (primary N) is 1. The number of hydrogen-bond acceptors (Lipinski definition) is 1. The van der Waals surface area contributed by atoms with Crippen LogP contribution in [0.3, 0.4) is 0 Å². The fourth-order valence-corrected chi connectivity index (χ4v) is 0.722. The lowest BCUT2D eigenvalue weighted by molar-refractivity contribution is 0.624. The monoisotopic (exact) mass is 167 g/mol. The van der Waals surface area contributed by atoms with Crippen LogP contribution in [-0.2, 0) is 0 Å². The average molecular weight is 167 g/mol. The quantitative estimate of drug-likeness (QED) is 0.683. The molecule has 0 bridgehead atoms. The van der Waals surface area contributed by atoms with Crippen LogP contribution in [0.5, 0.6) is 0 Å². The van der Waals surface area contributed by atoms with Crippen LogP contribution in [0.15, 0.2) is 30.8 Å². The molecule has 0 aliphatic rings. The van der Waals surface area contributed by atoms with E-state index in [1.165, 1.54) is 6.07 Å². The third-order valence-electron chi connectivity index (χ3n) is 1.22. The van der Waals surface area contributed by atoms with Crippen molar-refractivity contribution in [2.24, 2.45) is 5.73 Å². The molecule has 1 nitrogen and oxygen atoms in total. The molecular weight excluding hydrogens is 153 g/mol. The first-order chi connectivity index (χ1) is 5.72. The van der Waals surface area contributed by atoms with Crippen LogP contribution in [-0.4, -0.2) is 0 Å². The van der Waals surface area contributed by atoms with Crippen LogP contribution >= 0.6 is 0 Å². The standard InChI is InChI=1S/C8H8FN.C2H6/c1-6(10)7-4-2-3-5-8(7)9;1-2/h2-5H,1,10H2;1-2H3. The van der Waals surface area contributed by atoms with Gasteiger partial charge in [-0.05, 0) is 12.1 Å². The molecule has 0 aliphatic heterocycles. The summed E-state index contributed by atoms with van der Waals surface area (Å²) in [5.41, 5.74) is 5.92. The van der Waals surface area contributed by atoms with Gasteiger partial charge in [0.1, 0.15) is 5.82 Å². The van der Waals surface area contributed by atoms with Gasteiger partial charge < -0.3 is 5.73 Å². The highest BCUT2D eigenvalue weighted by Crippen LogP contribution is 2.10. The Hall–Kier alpha value is -1.31. The average Bonchev–Trinajstić information content (AvgIpc) is 2.08. The molecule has 0 aliphatic carbocycles. The van der Waals surface area contributed by atoms with Gasteiger partial charge in [0.15, 0.2) is 0 Å². The smallest absolute Gasteiger partial charge is 0.132 e. The summed E-state index contributed by atoms with van der Waals surface area (Å²) in [6, 6.07) is 6.28. The van der Waals surface area contributed by atoms with Crippen LogP contribution in [0.25, 0.3) is 5.70 Å². The van der Waals surface area contributed by atoms with Crippen LogP contribution in [0.4, 0.5) is 4.39 Å². The molecule has 0 aromatic heterocycles. The molecule has 12 heavy (non-hydrogen) atoms. The lowest BCUT2D eigenvalue weighted by Gasteiger charge is -1.98. The first-order valence-corrected chi connectivity index (χ1v) is 3.91. The van der Waals surface area contributed by atoms with Crippen molar-refractivity contribution in [3.05, 3.63) is 42.2 Å². The SMILES string of the molecule is C=C(N)c1ccccc1F.CC. The summed E-state index contributed by atoms with van der Waals surface area (Å²) < 4.78 is 12.7. The van der Waals surface area contributed by atoms with Gasteiger partial charge >= 0.3 is 0 Å². The highest BCUT2D eigenvalue weighted by Gasteiger charge is 1.98. The zero-order valence-electron chi connectivity index (χ0n) is 7.47. The van der Waals surface area contributed by atoms with Gasteiger partial charge in [0.25, 0.3) is 0 Å². The predicted molar refractivity (Wildman–Crippen MR) is 51.0 cm³/mol. The molecule has 0 heterocycles. The van der Waals surface area contributed by atoms with E-state index in [1.807, 2.05) is 13.8 Å². The van der Waals surface area contributed by atoms with E-state index in [-0.39, 0.29) is 11.5 Å². The minimum Gasteiger partial charge on any atom is -0.399 e. The summed E-state index contributed by atoms with van der Waals surface area (Å²) >= 11 is 0. The molecule has 1 aromatic rings. The van der Waals surface area contributed by atoms with Gasteiger partial charge in [0.2, 0.25) is 0 Å². The summed E-state index contributed by atoms with van der Waals surface area (Å²) in [5, 5.41) is 0. The summed E-state index contributed by atoms with van der Waals surface area (Å²) in [7, 11) is 0. The number of hydrogen-bond donors (Lipinski definition) is 1. The lowest BCUT2D eigenvalue weighted by Crippen LogP contribution is -1.96. The van der Waals surface area contributed by atoms with Crippen molar-refractivity contribution in [3.63, 3.8) is 0 Å². The molecule has 2 heteroatoms. The third kappa shape index (κ3) is 2.74. The van der Waals surface area contributed by atoms with E-state index in [4.69, 9.17) is 5.73 Å². The van der Waals surface area contributed by atoms with E-state index in [9.17, 15) is 4.39 Å². The molecule has 1 aromatic carbocycles. The van der Waals surface area contributed by atoms with Crippen molar-refractivity contribution < 1.29 is 4.39 Å². The van der Waals surface area contributed by atoms with E-state index < -0.39 is 0 Å². The molecule has 0 spiro atoms. The Balaban J connectivity index is 0.000000561. The van der Waals surface area contributed by atoms with Crippen molar-refractivity contribution in [2.45, 2.75) is 13.8 Å². The summed E-state index contributed by atoms with van der Waals surface area (Å²) in [4.78, 5) is 0. The maximum absolute atomic E-state index is 12.7. The van der Waals surface area contributed by atoms with Gasteiger partial charge in [-0.15, -0.1) is 0 Å². The Kier molecular flexibility index (Phi) is 4.77. The number of benzene rings is 1. The minimum absolute atomic E-state index is 0.262. The van der Waals surface area contributed by atoms with E-state index in [0.29, 0.717) is 5.56 Å². The molecule has 0 unspecified atom stereocenters. The van der Waals surface area contributed by atoms with Gasteiger partial charge in [-0.1, -0.05) is 32.6 Å². The zero-order valence-corrected chi connectivity index (χ0v) is 7.47. The Bertz CT molecular complexity index is 256. The Morgan fingerprint density at radius 3 is 2.17 bits per heavy atom. The van der Waals surface area contributed by atoms with Crippen molar-refractivity contribution in [2.75, 3.05) is 0 Å². The Morgan fingerprint density at radius 2 is 1.83 bits per heavy atom. The maximum Gasteiger partial charge on any atom is 0.132 e. The fraction of sp³-hybridized carbons (Fsp3) is 0.200. The summed E-state index contributed by atoms with van der Waals surface area (Å²) in [6.07, 6.45) is 0. The van der Waals surface area contributed by atoms with Crippen LogP contribution in [0, 0.1) is 5.82 Å². The second kappa shape index (κ2) is 5.35. The lowest BCUT2D eigenvalue weighted by atomic mass is 10.2. The molecular formula is C10H14FN. The molecule has 0 atom stereocenters. The fourth-order valence-electron chi connectivity index (χ4n) is 0.722. The zero-order chi connectivity index (χ0) is 9.56. The van der Waals surface area contributed by atoms with Crippen LogP contribution in [0.1, 0.15) is 19.4 Å². The first kappa shape index (κ1) is 10.7. The molecule has 0 radical (unpaired) electrons. The van der Waals surface area contributed by atoms with Gasteiger partial charge in [-0.25, -0.2) is 4.39 Å². The largest absolute Gasteiger partial charge is 0.399 e. The highest BCUT2D eigenvalue weighted by molar-refractivity contribution is 5.60. The van der Waals surface area contributed by atoms with Gasteiger partial charge in [0.05, 0.1) is 0 Å². The number of halogens is 1. The van der Waals surface area contributed by atoms with Gasteiger partial charge in [0, 0.05) is 11.3 Å².